The van der Waals surface area contributed by atoms with E-state index in [1.807, 2.05) is 43.3 Å². The van der Waals surface area contributed by atoms with E-state index < -0.39 is 0 Å². The van der Waals surface area contributed by atoms with Gasteiger partial charge in [0.15, 0.2) is 5.69 Å². The van der Waals surface area contributed by atoms with Crippen molar-refractivity contribution in [3.05, 3.63) is 70.1 Å². The van der Waals surface area contributed by atoms with Gasteiger partial charge in [-0.3, -0.25) is 9.59 Å². The largest absolute Gasteiger partial charge is 0.496 e. The Morgan fingerprint density at radius 1 is 1.14 bits per heavy atom. The number of hydrogen-bond acceptors (Lipinski definition) is 5. The number of para-hydroxylation sites is 1. The zero-order valence-electron chi connectivity index (χ0n) is 16.5. The third kappa shape index (κ3) is 3.75. The topological polar surface area (TPSA) is 76.5 Å². The number of nitrogens with one attached hydrogen (secondary N) is 1. The first-order chi connectivity index (χ1) is 13.4. The molecular weight excluding hydrogens is 356 g/mol. The third-order valence-corrected chi connectivity index (χ3v) is 4.75. The molecule has 0 aliphatic rings. The lowest BCUT2D eigenvalue weighted by atomic mass is 10.0. The highest BCUT2D eigenvalue weighted by Crippen LogP contribution is 2.27. The number of likely N-dealkylation sites (N-methyl/N-ethyl adjacent to an activating group) is 1. The number of methoxy groups -OCH3 is 1. The fourth-order valence-corrected chi connectivity index (χ4v) is 3.25. The predicted molar refractivity (Wildman–Crippen MR) is 109 cm³/mol. The summed E-state index contributed by atoms with van der Waals surface area (Å²) < 4.78 is 6.66. The van der Waals surface area contributed by atoms with Gasteiger partial charge >= 0.3 is 0 Å². The lowest BCUT2D eigenvalue weighted by molar-refractivity contribution is 0.0936. The van der Waals surface area contributed by atoms with Crippen molar-refractivity contribution in [2.24, 2.45) is 7.05 Å². The maximum atomic E-state index is 12.9. The van der Waals surface area contributed by atoms with Crippen LogP contribution in [-0.4, -0.2) is 48.3 Å². The molecule has 7 nitrogen and oxygen atoms in total. The number of amides is 1. The van der Waals surface area contributed by atoms with E-state index >= 15 is 0 Å². The summed E-state index contributed by atoms with van der Waals surface area (Å²) in [7, 11) is 7.07. The SMILES string of the molecule is COc1ccccc1C(CNC(=O)c1nn(C)c(=O)c2ccccc12)N(C)C. The Morgan fingerprint density at radius 3 is 2.46 bits per heavy atom. The van der Waals surface area contributed by atoms with E-state index in [9.17, 15) is 9.59 Å². The van der Waals surface area contributed by atoms with E-state index in [1.54, 1.807) is 38.4 Å². The van der Waals surface area contributed by atoms with Crippen LogP contribution in [0.4, 0.5) is 0 Å². The van der Waals surface area contributed by atoms with Crippen LogP contribution in [0.15, 0.2) is 53.3 Å². The van der Waals surface area contributed by atoms with Crippen molar-refractivity contribution in [2.75, 3.05) is 27.7 Å². The summed E-state index contributed by atoms with van der Waals surface area (Å²) in [6.45, 7) is 0.366. The lowest BCUT2D eigenvalue weighted by Gasteiger charge is -2.26. The predicted octanol–water partition coefficient (Wildman–Crippen LogP) is 1.97. The summed E-state index contributed by atoms with van der Waals surface area (Å²) in [5.41, 5.74) is 0.983. The average molecular weight is 380 g/mol. The van der Waals surface area contributed by atoms with Crippen molar-refractivity contribution in [3.63, 3.8) is 0 Å². The van der Waals surface area contributed by atoms with E-state index in [-0.39, 0.29) is 23.2 Å². The van der Waals surface area contributed by atoms with E-state index in [1.165, 1.54) is 4.68 Å². The van der Waals surface area contributed by atoms with Gasteiger partial charge in [0, 0.05) is 24.5 Å². The van der Waals surface area contributed by atoms with E-state index in [2.05, 4.69) is 10.4 Å². The van der Waals surface area contributed by atoms with Gasteiger partial charge in [-0.1, -0.05) is 36.4 Å². The monoisotopic (exact) mass is 380 g/mol. The molecule has 0 aliphatic carbocycles. The Morgan fingerprint density at radius 2 is 1.79 bits per heavy atom. The van der Waals surface area contributed by atoms with Gasteiger partial charge in [0.05, 0.1) is 18.5 Å². The number of benzene rings is 2. The van der Waals surface area contributed by atoms with Crippen LogP contribution in [0.3, 0.4) is 0 Å². The first-order valence-electron chi connectivity index (χ1n) is 8.97. The van der Waals surface area contributed by atoms with Crippen LogP contribution in [-0.2, 0) is 7.05 Å². The zero-order chi connectivity index (χ0) is 20.3. The maximum absolute atomic E-state index is 12.9. The molecule has 0 saturated heterocycles. The van der Waals surface area contributed by atoms with Crippen LogP contribution in [0.2, 0.25) is 0 Å². The third-order valence-electron chi connectivity index (χ3n) is 4.75. The molecule has 0 radical (unpaired) electrons. The number of ether oxygens (including phenoxy) is 1. The van der Waals surface area contributed by atoms with E-state index in [0.29, 0.717) is 17.3 Å². The quantitative estimate of drug-likeness (QED) is 0.708. The Kier molecular flexibility index (Phi) is 5.75. The molecule has 1 unspecified atom stereocenters. The number of aryl methyl sites for hydroxylation is 1. The Balaban J connectivity index is 1.90. The summed E-state index contributed by atoms with van der Waals surface area (Å²) in [5.74, 6) is 0.440. The van der Waals surface area contributed by atoms with E-state index in [4.69, 9.17) is 4.74 Å². The zero-order valence-corrected chi connectivity index (χ0v) is 16.5. The molecule has 0 saturated carbocycles. The van der Waals surface area contributed by atoms with Gasteiger partial charge in [-0.25, -0.2) is 4.68 Å². The van der Waals surface area contributed by atoms with Gasteiger partial charge in [0.1, 0.15) is 5.75 Å². The molecule has 1 aromatic heterocycles. The molecule has 28 heavy (non-hydrogen) atoms. The number of fused-ring (bicyclic) bond motifs is 1. The van der Waals surface area contributed by atoms with Crippen molar-refractivity contribution >= 4 is 16.7 Å². The summed E-state index contributed by atoms with van der Waals surface area (Å²) in [6, 6.07) is 14.7. The van der Waals surface area contributed by atoms with Gasteiger partial charge in [0.25, 0.3) is 11.5 Å². The molecule has 1 N–H and O–H groups in total. The number of aromatic nitrogens is 2. The van der Waals surface area contributed by atoms with Crippen LogP contribution in [0.25, 0.3) is 10.8 Å². The van der Waals surface area contributed by atoms with Crippen molar-refractivity contribution in [2.45, 2.75) is 6.04 Å². The van der Waals surface area contributed by atoms with Gasteiger partial charge in [-0.2, -0.15) is 5.10 Å². The van der Waals surface area contributed by atoms with Crippen molar-refractivity contribution in [1.82, 2.24) is 20.0 Å². The molecule has 7 heteroatoms. The first-order valence-corrected chi connectivity index (χ1v) is 8.97. The first kappa shape index (κ1) is 19.6. The van der Waals surface area contributed by atoms with Crippen LogP contribution in [0, 0.1) is 0 Å². The number of carbonyl (C=O) groups excluding carboxylic acids is 1. The maximum Gasteiger partial charge on any atom is 0.274 e. The Bertz CT molecular complexity index is 1060. The molecule has 0 fully saturated rings. The van der Waals surface area contributed by atoms with Crippen LogP contribution < -0.4 is 15.6 Å². The van der Waals surface area contributed by atoms with Crippen molar-refractivity contribution in [1.29, 1.82) is 0 Å². The van der Waals surface area contributed by atoms with Gasteiger partial charge < -0.3 is 15.0 Å². The fraction of sp³-hybridized carbons (Fsp3) is 0.286. The molecule has 2 aromatic carbocycles. The summed E-state index contributed by atoms with van der Waals surface area (Å²) in [6.07, 6.45) is 0. The molecule has 3 aromatic rings. The normalized spacial score (nSPS) is 12.2. The Hall–Kier alpha value is -3.19. The lowest BCUT2D eigenvalue weighted by Crippen LogP contribution is -2.36. The smallest absolute Gasteiger partial charge is 0.274 e. The summed E-state index contributed by atoms with van der Waals surface area (Å²) in [4.78, 5) is 27.2. The minimum absolute atomic E-state index is 0.0844. The molecule has 146 valence electrons. The van der Waals surface area contributed by atoms with Gasteiger partial charge in [-0.05, 0) is 26.2 Å². The highest BCUT2D eigenvalue weighted by atomic mass is 16.5. The van der Waals surface area contributed by atoms with E-state index in [0.717, 1.165) is 11.3 Å². The standard InChI is InChI=1S/C21H24N4O3/c1-24(2)17(16-11-7-8-12-18(16)28-4)13-22-20(26)19-14-9-5-6-10-15(14)21(27)25(3)23-19/h5-12,17H,13H2,1-4H3,(H,22,26). The minimum atomic E-state index is -0.325. The molecule has 0 spiro atoms. The molecule has 0 bridgehead atoms. The van der Waals surface area contributed by atoms with Crippen molar-refractivity contribution < 1.29 is 9.53 Å². The molecule has 3 rings (SSSR count). The Labute approximate surface area is 163 Å². The highest BCUT2D eigenvalue weighted by Gasteiger charge is 2.21. The number of hydrogen-bond donors (Lipinski definition) is 1. The summed E-state index contributed by atoms with van der Waals surface area (Å²) in [5, 5.41) is 8.15. The fourth-order valence-electron chi connectivity index (χ4n) is 3.25. The number of rotatable bonds is 6. The number of nitrogens with zero attached hydrogens (tertiary/aromatic N) is 3. The van der Waals surface area contributed by atoms with Crippen molar-refractivity contribution in [3.8, 4) is 5.75 Å². The second-order valence-electron chi connectivity index (χ2n) is 6.75. The second-order valence-corrected chi connectivity index (χ2v) is 6.75. The number of carbonyl (C=O) groups is 1. The van der Waals surface area contributed by atoms with Crippen LogP contribution in [0.5, 0.6) is 5.75 Å². The van der Waals surface area contributed by atoms with Crippen LogP contribution in [0.1, 0.15) is 22.1 Å². The average Bonchev–Trinajstić information content (AvgIpc) is 2.70. The molecule has 1 heterocycles. The van der Waals surface area contributed by atoms with Gasteiger partial charge in [0.2, 0.25) is 0 Å². The molecule has 0 aliphatic heterocycles. The van der Waals surface area contributed by atoms with Gasteiger partial charge in [-0.15, -0.1) is 0 Å². The second kappa shape index (κ2) is 8.22. The molecular formula is C21H24N4O3. The molecule has 1 amide bonds. The highest BCUT2D eigenvalue weighted by molar-refractivity contribution is 6.04. The van der Waals surface area contributed by atoms with Crippen LogP contribution >= 0.6 is 0 Å². The minimum Gasteiger partial charge on any atom is -0.496 e. The molecule has 1 atom stereocenters. The summed E-state index contributed by atoms with van der Waals surface area (Å²) >= 11 is 0.